The summed E-state index contributed by atoms with van der Waals surface area (Å²) < 4.78 is 0. The lowest BCUT2D eigenvalue weighted by Crippen LogP contribution is -2.17. The molecule has 19 heavy (non-hydrogen) atoms. The summed E-state index contributed by atoms with van der Waals surface area (Å²) in [6.07, 6.45) is 2.37. The molecule has 0 bridgehead atoms. The van der Waals surface area contributed by atoms with Crippen molar-refractivity contribution in [2.45, 2.75) is 25.3 Å². The second-order valence-corrected chi connectivity index (χ2v) is 7.92. The highest BCUT2D eigenvalue weighted by atomic mass is 28.2. The number of rotatable bonds is 6. The lowest BCUT2D eigenvalue weighted by atomic mass is 10.0. The van der Waals surface area contributed by atoms with Crippen molar-refractivity contribution in [3.8, 4) is 0 Å². The highest BCUT2D eigenvalue weighted by Gasteiger charge is 2.06. The van der Waals surface area contributed by atoms with Crippen molar-refractivity contribution in [2.24, 2.45) is 0 Å². The van der Waals surface area contributed by atoms with Crippen molar-refractivity contribution in [1.29, 1.82) is 0 Å². The van der Waals surface area contributed by atoms with Gasteiger partial charge in [-0.1, -0.05) is 79.4 Å². The monoisotopic (exact) mass is 266 g/mol. The molecule has 0 aliphatic carbocycles. The van der Waals surface area contributed by atoms with E-state index in [1.165, 1.54) is 17.6 Å². The maximum absolute atomic E-state index is 4.22. The standard InChI is InChI=1S/C18H22Si/c1-15(17-9-5-3-6-10-17)13-14-16(2)19-18-11-7-4-8-12-18/h3-12,16H,1,13-14,19H2,2H3. The van der Waals surface area contributed by atoms with Crippen LogP contribution in [0.25, 0.3) is 5.57 Å². The van der Waals surface area contributed by atoms with Crippen LogP contribution in [0.3, 0.4) is 0 Å². The Labute approximate surface area is 119 Å². The molecule has 1 unspecified atom stereocenters. The van der Waals surface area contributed by atoms with Gasteiger partial charge in [0.1, 0.15) is 0 Å². The number of hydrogen-bond donors (Lipinski definition) is 0. The van der Waals surface area contributed by atoms with Crippen molar-refractivity contribution < 1.29 is 0 Å². The Balaban J connectivity index is 1.81. The van der Waals surface area contributed by atoms with Gasteiger partial charge in [-0.3, -0.25) is 0 Å². The Morgan fingerprint density at radius 2 is 1.58 bits per heavy atom. The zero-order chi connectivity index (χ0) is 13.5. The first kappa shape index (κ1) is 13.8. The third-order valence-corrected chi connectivity index (χ3v) is 5.60. The smallest absolute Gasteiger partial charge is 0.0575 e. The highest BCUT2D eigenvalue weighted by molar-refractivity contribution is 6.54. The van der Waals surface area contributed by atoms with Gasteiger partial charge in [-0.2, -0.15) is 0 Å². The van der Waals surface area contributed by atoms with E-state index in [1.54, 1.807) is 5.19 Å². The topological polar surface area (TPSA) is 0 Å². The van der Waals surface area contributed by atoms with Gasteiger partial charge in [0.05, 0.1) is 9.52 Å². The summed E-state index contributed by atoms with van der Waals surface area (Å²) in [6, 6.07) is 21.5. The molecule has 0 N–H and O–H groups in total. The molecule has 2 aromatic carbocycles. The molecular weight excluding hydrogens is 244 g/mol. The summed E-state index contributed by atoms with van der Waals surface area (Å²) in [7, 11) is -0.151. The molecule has 0 fully saturated rings. The number of allylic oxidation sites excluding steroid dienone is 1. The molecular formula is C18H22Si. The van der Waals surface area contributed by atoms with Crippen molar-refractivity contribution in [2.75, 3.05) is 0 Å². The summed E-state index contributed by atoms with van der Waals surface area (Å²) in [5.74, 6) is 0. The van der Waals surface area contributed by atoms with Gasteiger partial charge in [-0.15, -0.1) is 0 Å². The largest absolute Gasteiger partial charge is 0.0952 e. The Hall–Kier alpha value is -1.60. The molecule has 0 aliphatic rings. The Bertz CT molecular complexity index is 502. The summed E-state index contributed by atoms with van der Waals surface area (Å²) in [4.78, 5) is 0. The van der Waals surface area contributed by atoms with Crippen LogP contribution < -0.4 is 5.19 Å². The zero-order valence-electron chi connectivity index (χ0n) is 11.7. The first-order chi connectivity index (χ1) is 9.25. The molecule has 0 saturated carbocycles. The van der Waals surface area contributed by atoms with Gasteiger partial charge in [0.2, 0.25) is 0 Å². The van der Waals surface area contributed by atoms with E-state index in [-0.39, 0.29) is 9.52 Å². The Morgan fingerprint density at radius 1 is 1.00 bits per heavy atom. The first-order valence-corrected chi connectivity index (χ1v) is 8.55. The average Bonchev–Trinajstić information content (AvgIpc) is 2.47. The molecule has 0 amide bonds. The fourth-order valence-electron chi connectivity index (χ4n) is 2.36. The fourth-order valence-corrected chi connectivity index (χ4v) is 4.11. The van der Waals surface area contributed by atoms with E-state index in [2.05, 4.69) is 74.2 Å². The molecule has 0 heterocycles. The zero-order valence-corrected chi connectivity index (χ0v) is 13.1. The van der Waals surface area contributed by atoms with Gasteiger partial charge in [-0.25, -0.2) is 0 Å². The van der Waals surface area contributed by atoms with Crippen LogP contribution in [0.2, 0.25) is 5.54 Å². The highest BCUT2D eigenvalue weighted by Crippen LogP contribution is 2.21. The van der Waals surface area contributed by atoms with Crippen LogP contribution >= 0.6 is 0 Å². The van der Waals surface area contributed by atoms with Gasteiger partial charge in [0.25, 0.3) is 0 Å². The van der Waals surface area contributed by atoms with Gasteiger partial charge in [-0.05, 0) is 29.5 Å². The normalized spacial score (nSPS) is 12.7. The van der Waals surface area contributed by atoms with Crippen LogP contribution in [0.4, 0.5) is 0 Å². The van der Waals surface area contributed by atoms with Crippen LogP contribution in [-0.2, 0) is 0 Å². The maximum Gasteiger partial charge on any atom is 0.0575 e. The molecule has 0 saturated heterocycles. The third-order valence-electron chi connectivity index (χ3n) is 3.55. The minimum atomic E-state index is -0.151. The van der Waals surface area contributed by atoms with Gasteiger partial charge in [0.15, 0.2) is 0 Å². The lowest BCUT2D eigenvalue weighted by Gasteiger charge is -2.12. The second kappa shape index (κ2) is 7.10. The molecule has 98 valence electrons. The second-order valence-electron chi connectivity index (χ2n) is 5.30. The van der Waals surface area contributed by atoms with Crippen molar-refractivity contribution in [3.05, 3.63) is 72.8 Å². The summed E-state index contributed by atoms with van der Waals surface area (Å²) in [6.45, 7) is 6.61. The van der Waals surface area contributed by atoms with Crippen LogP contribution in [0.5, 0.6) is 0 Å². The summed E-state index contributed by atoms with van der Waals surface area (Å²) >= 11 is 0. The van der Waals surface area contributed by atoms with E-state index in [0.717, 1.165) is 12.0 Å². The SMILES string of the molecule is C=C(CCC(C)[SiH2]c1ccccc1)c1ccccc1. The molecule has 1 heteroatoms. The van der Waals surface area contributed by atoms with E-state index in [9.17, 15) is 0 Å². The molecule has 0 aliphatic heterocycles. The Morgan fingerprint density at radius 3 is 2.21 bits per heavy atom. The predicted octanol–water partition coefficient (Wildman–Crippen LogP) is 3.78. The van der Waals surface area contributed by atoms with Gasteiger partial charge < -0.3 is 0 Å². The molecule has 0 aromatic heterocycles. The van der Waals surface area contributed by atoms with E-state index in [4.69, 9.17) is 0 Å². The molecule has 2 aromatic rings. The van der Waals surface area contributed by atoms with Crippen LogP contribution in [0.15, 0.2) is 67.2 Å². The van der Waals surface area contributed by atoms with Crippen molar-refractivity contribution >= 4 is 20.3 Å². The fraction of sp³-hybridized carbons (Fsp3) is 0.222. The minimum Gasteiger partial charge on any atom is -0.0952 e. The molecule has 2 rings (SSSR count). The van der Waals surface area contributed by atoms with Gasteiger partial charge in [0, 0.05) is 0 Å². The first-order valence-electron chi connectivity index (χ1n) is 7.03. The summed E-state index contributed by atoms with van der Waals surface area (Å²) in [5.41, 5.74) is 3.40. The lowest BCUT2D eigenvalue weighted by molar-refractivity contribution is 0.816. The van der Waals surface area contributed by atoms with Crippen LogP contribution in [0.1, 0.15) is 25.3 Å². The minimum absolute atomic E-state index is 0.151. The Kier molecular flexibility index (Phi) is 5.16. The molecule has 0 nitrogen and oxygen atoms in total. The third kappa shape index (κ3) is 4.53. The molecule has 0 spiro atoms. The van der Waals surface area contributed by atoms with Crippen molar-refractivity contribution in [3.63, 3.8) is 0 Å². The van der Waals surface area contributed by atoms with E-state index < -0.39 is 0 Å². The van der Waals surface area contributed by atoms with Crippen LogP contribution in [0, 0.1) is 0 Å². The van der Waals surface area contributed by atoms with E-state index >= 15 is 0 Å². The van der Waals surface area contributed by atoms with E-state index in [1.807, 2.05) is 0 Å². The molecule has 0 radical (unpaired) electrons. The molecule has 1 atom stereocenters. The quantitative estimate of drug-likeness (QED) is 0.698. The maximum atomic E-state index is 4.22. The predicted molar refractivity (Wildman–Crippen MR) is 88.8 cm³/mol. The van der Waals surface area contributed by atoms with Crippen LogP contribution in [-0.4, -0.2) is 9.52 Å². The number of benzene rings is 2. The van der Waals surface area contributed by atoms with Crippen molar-refractivity contribution in [1.82, 2.24) is 0 Å². The number of hydrogen-bond acceptors (Lipinski definition) is 0. The average molecular weight is 266 g/mol. The summed E-state index contributed by atoms with van der Waals surface area (Å²) in [5, 5.41) is 1.57. The van der Waals surface area contributed by atoms with E-state index in [0.29, 0.717) is 0 Å². The van der Waals surface area contributed by atoms with Gasteiger partial charge >= 0.3 is 0 Å².